The number of fused-ring (bicyclic) bond motifs is 6. The minimum absolute atomic E-state index is 1.17. The average Bonchev–Trinajstić information content (AvgIpc) is 3.38. The lowest BCUT2D eigenvalue weighted by molar-refractivity contribution is 1.19. The van der Waals surface area contributed by atoms with E-state index < -0.39 is 0 Å². The molecule has 0 aliphatic rings. The maximum absolute atomic E-state index is 3.63. The van der Waals surface area contributed by atoms with E-state index in [1.165, 1.54) is 77.1 Å². The summed E-state index contributed by atoms with van der Waals surface area (Å²) in [6.07, 6.45) is 0. The number of aryl methyl sites for hydroxylation is 3. The molecular formula is C33H26N2. The molecule has 0 amide bonds. The fourth-order valence-electron chi connectivity index (χ4n) is 6.02. The van der Waals surface area contributed by atoms with Crippen molar-refractivity contribution in [3.8, 4) is 16.8 Å². The number of aromatic amines is 1. The first-order valence-electron chi connectivity index (χ1n) is 12.2. The molecular weight excluding hydrogens is 424 g/mol. The zero-order valence-corrected chi connectivity index (χ0v) is 20.2. The second-order valence-corrected chi connectivity index (χ2v) is 9.76. The van der Waals surface area contributed by atoms with Gasteiger partial charge in [-0.05, 0) is 85.5 Å². The highest BCUT2D eigenvalue weighted by Gasteiger charge is 2.14. The van der Waals surface area contributed by atoms with E-state index in [4.69, 9.17) is 0 Å². The van der Waals surface area contributed by atoms with E-state index in [-0.39, 0.29) is 0 Å². The zero-order valence-electron chi connectivity index (χ0n) is 20.2. The molecule has 7 aromatic rings. The first-order chi connectivity index (χ1) is 17.1. The summed E-state index contributed by atoms with van der Waals surface area (Å²) in [6.45, 7) is 6.60. The van der Waals surface area contributed by atoms with Gasteiger partial charge in [-0.15, -0.1) is 0 Å². The van der Waals surface area contributed by atoms with Crippen LogP contribution < -0.4 is 0 Å². The van der Waals surface area contributed by atoms with Crippen LogP contribution >= 0.6 is 0 Å². The SMILES string of the molecule is Cc1cc(C)c(-c2ccc3[nH]c4ccc(-n5c6ccccc6c6ccccc65)cc4c3c2)c(C)c1. The highest BCUT2D eigenvalue weighted by Crippen LogP contribution is 2.36. The van der Waals surface area contributed by atoms with Crippen molar-refractivity contribution in [1.82, 2.24) is 9.55 Å². The maximum Gasteiger partial charge on any atom is 0.0541 e. The van der Waals surface area contributed by atoms with Crippen LogP contribution in [0.2, 0.25) is 0 Å². The summed E-state index contributed by atoms with van der Waals surface area (Å²) >= 11 is 0. The van der Waals surface area contributed by atoms with Crippen LogP contribution in [-0.4, -0.2) is 9.55 Å². The minimum atomic E-state index is 1.17. The lowest BCUT2D eigenvalue weighted by Gasteiger charge is -2.12. The van der Waals surface area contributed by atoms with Crippen LogP contribution in [0, 0.1) is 20.8 Å². The Morgan fingerprint density at radius 2 is 1.11 bits per heavy atom. The van der Waals surface area contributed by atoms with Crippen molar-refractivity contribution in [1.29, 1.82) is 0 Å². The number of aromatic nitrogens is 2. The Morgan fingerprint density at radius 1 is 0.543 bits per heavy atom. The third-order valence-corrected chi connectivity index (χ3v) is 7.39. The number of nitrogens with one attached hydrogen (secondary N) is 1. The highest BCUT2D eigenvalue weighted by molar-refractivity contribution is 6.11. The molecule has 0 saturated heterocycles. The van der Waals surface area contributed by atoms with Gasteiger partial charge in [-0.1, -0.05) is 60.2 Å². The molecule has 2 aromatic heterocycles. The van der Waals surface area contributed by atoms with Gasteiger partial charge in [-0.3, -0.25) is 0 Å². The van der Waals surface area contributed by atoms with Gasteiger partial charge in [-0.25, -0.2) is 0 Å². The van der Waals surface area contributed by atoms with Gasteiger partial charge >= 0.3 is 0 Å². The van der Waals surface area contributed by atoms with Crippen molar-refractivity contribution in [2.24, 2.45) is 0 Å². The van der Waals surface area contributed by atoms with Gasteiger partial charge in [0.05, 0.1) is 11.0 Å². The van der Waals surface area contributed by atoms with Crippen molar-refractivity contribution in [2.45, 2.75) is 20.8 Å². The molecule has 7 rings (SSSR count). The largest absolute Gasteiger partial charge is 0.355 e. The third kappa shape index (κ3) is 2.96. The van der Waals surface area contributed by atoms with Gasteiger partial charge in [0, 0.05) is 38.3 Å². The number of rotatable bonds is 2. The van der Waals surface area contributed by atoms with Crippen molar-refractivity contribution in [3.05, 3.63) is 114 Å². The summed E-state index contributed by atoms with van der Waals surface area (Å²) in [4.78, 5) is 3.63. The molecule has 1 N–H and O–H groups in total. The predicted octanol–water partition coefficient (Wildman–Crippen LogP) is 9.01. The van der Waals surface area contributed by atoms with E-state index in [0.717, 1.165) is 0 Å². The normalized spacial score (nSPS) is 11.9. The van der Waals surface area contributed by atoms with Gasteiger partial charge in [0.25, 0.3) is 0 Å². The van der Waals surface area contributed by atoms with Crippen molar-refractivity contribution < 1.29 is 0 Å². The first kappa shape index (κ1) is 20.1. The van der Waals surface area contributed by atoms with Crippen molar-refractivity contribution in [3.63, 3.8) is 0 Å². The molecule has 2 nitrogen and oxygen atoms in total. The van der Waals surface area contributed by atoms with Crippen LogP contribution in [-0.2, 0) is 0 Å². The van der Waals surface area contributed by atoms with Crippen LogP contribution in [0.4, 0.5) is 0 Å². The molecule has 0 spiro atoms. The molecule has 0 saturated carbocycles. The maximum atomic E-state index is 3.63. The minimum Gasteiger partial charge on any atom is -0.355 e. The Bertz CT molecular complexity index is 1850. The fourth-order valence-corrected chi connectivity index (χ4v) is 6.02. The molecule has 0 fully saturated rings. The molecule has 0 atom stereocenters. The van der Waals surface area contributed by atoms with Gasteiger partial charge < -0.3 is 9.55 Å². The van der Waals surface area contributed by atoms with Crippen LogP contribution in [0.5, 0.6) is 0 Å². The van der Waals surface area contributed by atoms with Gasteiger partial charge in [-0.2, -0.15) is 0 Å². The Kier molecular flexibility index (Phi) is 4.22. The molecule has 168 valence electrons. The first-order valence-corrected chi connectivity index (χ1v) is 12.2. The monoisotopic (exact) mass is 450 g/mol. The lowest BCUT2D eigenvalue weighted by Crippen LogP contribution is -1.93. The quantitative estimate of drug-likeness (QED) is 0.271. The molecule has 0 radical (unpaired) electrons. The molecule has 2 heteroatoms. The predicted molar refractivity (Wildman–Crippen MR) is 150 cm³/mol. The summed E-state index contributed by atoms with van der Waals surface area (Å²) < 4.78 is 2.39. The summed E-state index contributed by atoms with van der Waals surface area (Å²) in [5.74, 6) is 0. The smallest absolute Gasteiger partial charge is 0.0541 e. The molecule has 5 aromatic carbocycles. The van der Waals surface area contributed by atoms with Crippen molar-refractivity contribution >= 4 is 43.6 Å². The fraction of sp³-hybridized carbons (Fsp3) is 0.0909. The van der Waals surface area contributed by atoms with E-state index in [2.05, 4.69) is 127 Å². The lowest BCUT2D eigenvalue weighted by atomic mass is 9.93. The average molecular weight is 451 g/mol. The third-order valence-electron chi connectivity index (χ3n) is 7.39. The highest BCUT2D eigenvalue weighted by atomic mass is 15.0. The van der Waals surface area contributed by atoms with Crippen LogP contribution in [0.15, 0.2) is 97.1 Å². The summed E-state index contributed by atoms with van der Waals surface area (Å²) in [5.41, 5.74) is 12.6. The van der Waals surface area contributed by atoms with E-state index >= 15 is 0 Å². The second kappa shape index (κ2) is 7.35. The number of hydrogen-bond acceptors (Lipinski definition) is 0. The molecule has 35 heavy (non-hydrogen) atoms. The summed E-state index contributed by atoms with van der Waals surface area (Å²) in [5, 5.41) is 5.09. The zero-order chi connectivity index (χ0) is 23.7. The molecule has 0 bridgehead atoms. The number of H-pyrrole nitrogens is 1. The molecule has 2 heterocycles. The number of hydrogen-bond donors (Lipinski definition) is 1. The number of para-hydroxylation sites is 2. The van der Waals surface area contributed by atoms with E-state index in [1.807, 2.05) is 0 Å². The standard InChI is InChI=1S/C33H26N2/c1-20-16-21(2)33(22(3)17-20)23-12-14-29-27(18-23)28-19-24(13-15-30(28)34-29)35-31-10-6-4-8-25(31)26-9-5-7-11-32(26)35/h4-19,34H,1-3H3. The number of nitrogens with zero attached hydrogens (tertiary/aromatic N) is 1. The van der Waals surface area contributed by atoms with E-state index in [0.29, 0.717) is 0 Å². The van der Waals surface area contributed by atoms with Crippen LogP contribution in [0.1, 0.15) is 16.7 Å². The Balaban J connectivity index is 1.50. The van der Waals surface area contributed by atoms with Gasteiger partial charge in [0.2, 0.25) is 0 Å². The Labute approximate surface area is 204 Å². The van der Waals surface area contributed by atoms with E-state index in [1.54, 1.807) is 0 Å². The Morgan fingerprint density at radius 3 is 1.77 bits per heavy atom. The van der Waals surface area contributed by atoms with Gasteiger partial charge in [0.15, 0.2) is 0 Å². The van der Waals surface area contributed by atoms with E-state index in [9.17, 15) is 0 Å². The van der Waals surface area contributed by atoms with Crippen LogP contribution in [0.25, 0.3) is 60.4 Å². The number of benzene rings is 5. The van der Waals surface area contributed by atoms with Crippen LogP contribution in [0.3, 0.4) is 0 Å². The second-order valence-electron chi connectivity index (χ2n) is 9.76. The summed E-state index contributed by atoms with van der Waals surface area (Å²) in [7, 11) is 0. The molecule has 0 unspecified atom stereocenters. The summed E-state index contributed by atoms with van der Waals surface area (Å²) in [6, 6.07) is 35.5. The van der Waals surface area contributed by atoms with Gasteiger partial charge in [0.1, 0.15) is 0 Å². The molecule has 0 aliphatic carbocycles. The Hall–Kier alpha value is -4.30. The van der Waals surface area contributed by atoms with Crippen molar-refractivity contribution in [2.75, 3.05) is 0 Å². The molecule has 0 aliphatic heterocycles. The topological polar surface area (TPSA) is 20.7 Å².